The Labute approximate surface area is 191 Å². The van der Waals surface area contributed by atoms with Gasteiger partial charge in [-0.05, 0) is 55.5 Å². The molecule has 0 aliphatic heterocycles. The standard InChI is InChI=1S/C25H24N2O6/c1-5-32-18-8-6-7-15(11-18)24(28)26-17-9-10-20-19(14-17)27-25(33-20)16-12-21(29-2)23(31-4)22(13-16)30-3/h6-14H,5H2,1-4H3,(H,26,28). The Kier molecular flexibility index (Phi) is 6.35. The van der Waals surface area contributed by atoms with Gasteiger partial charge >= 0.3 is 0 Å². The summed E-state index contributed by atoms with van der Waals surface area (Å²) in [7, 11) is 4.64. The van der Waals surface area contributed by atoms with Crippen LogP contribution in [0.1, 0.15) is 17.3 Å². The molecule has 0 aliphatic carbocycles. The first-order chi connectivity index (χ1) is 16.1. The van der Waals surface area contributed by atoms with Crippen molar-refractivity contribution in [3.05, 3.63) is 60.2 Å². The van der Waals surface area contributed by atoms with Crippen LogP contribution in [-0.2, 0) is 0 Å². The van der Waals surface area contributed by atoms with E-state index in [1.54, 1.807) is 69.9 Å². The highest BCUT2D eigenvalue weighted by Crippen LogP contribution is 2.41. The molecule has 8 heteroatoms. The van der Waals surface area contributed by atoms with Gasteiger partial charge in [0, 0.05) is 16.8 Å². The number of nitrogens with one attached hydrogen (secondary N) is 1. The molecular weight excluding hydrogens is 424 g/mol. The number of methoxy groups -OCH3 is 3. The lowest BCUT2D eigenvalue weighted by molar-refractivity contribution is 0.102. The number of oxazole rings is 1. The molecule has 0 saturated carbocycles. The van der Waals surface area contributed by atoms with E-state index in [-0.39, 0.29) is 5.91 Å². The molecule has 3 aromatic carbocycles. The topological polar surface area (TPSA) is 92.1 Å². The van der Waals surface area contributed by atoms with Gasteiger partial charge in [-0.3, -0.25) is 4.79 Å². The maximum Gasteiger partial charge on any atom is 0.255 e. The van der Waals surface area contributed by atoms with Crippen molar-refractivity contribution in [2.75, 3.05) is 33.3 Å². The zero-order valence-electron chi connectivity index (χ0n) is 18.8. The number of carbonyl (C=O) groups is 1. The Morgan fingerprint density at radius 3 is 2.39 bits per heavy atom. The quantitative estimate of drug-likeness (QED) is 0.397. The van der Waals surface area contributed by atoms with Gasteiger partial charge in [0.2, 0.25) is 11.6 Å². The van der Waals surface area contributed by atoms with Crippen molar-refractivity contribution < 1.29 is 28.2 Å². The van der Waals surface area contributed by atoms with Crippen LogP contribution in [-0.4, -0.2) is 38.8 Å². The van der Waals surface area contributed by atoms with Crippen LogP contribution in [0.3, 0.4) is 0 Å². The summed E-state index contributed by atoms with van der Waals surface area (Å²) >= 11 is 0. The second-order valence-corrected chi connectivity index (χ2v) is 7.03. The molecule has 0 radical (unpaired) electrons. The molecule has 170 valence electrons. The molecule has 0 fully saturated rings. The average Bonchev–Trinajstić information content (AvgIpc) is 3.27. The summed E-state index contributed by atoms with van der Waals surface area (Å²) in [6, 6.07) is 15.8. The number of aromatic nitrogens is 1. The predicted molar refractivity (Wildman–Crippen MR) is 125 cm³/mol. The molecule has 1 N–H and O–H groups in total. The van der Waals surface area contributed by atoms with Crippen LogP contribution in [0.5, 0.6) is 23.0 Å². The number of hydrogen-bond donors (Lipinski definition) is 1. The number of nitrogens with zero attached hydrogens (tertiary/aromatic N) is 1. The SMILES string of the molecule is CCOc1cccc(C(=O)Nc2ccc3oc(-c4cc(OC)c(OC)c(OC)c4)nc3c2)c1. The third-order valence-electron chi connectivity index (χ3n) is 4.96. The smallest absolute Gasteiger partial charge is 0.255 e. The van der Waals surface area contributed by atoms with Crippen molar-refractivity contribution in [1.82, 2.24) is 4.98 Å². The lowest BCUT2D eigenvalue weighted by Crippen LogP contribution is -2.11. The van der Waals surface area contributed by atoms with Crippen molar-refractivity contribution in [3.63, 3.8) is 0 Å². The minimum absolute atomic E-state index is 0.246. The molecule has 8 nitrogen and oxygen atoms in total. The predicted octanol–water partition coefficient (Wildman–Crippen LogP) is 5.17. The fourth-order valence-corrected chi connectivity index (χ4v) is 3.43. The molecule has 4 rings (SSSR count). The molecule has 33 heavy (non-hydrogen) atoms. The molecule has 1 heterocycles. The van der Waals surface area contributed by atoms with Gasteiger partial charge in [0.25, 0.3) is 5.91 Å². The summed E-state index contributed by atoms with van der Waals surface area (Å²) in [5, 5.41) is 2.89. The Bertz CT molecular complexity index is 1270. The number of hydrogen-bond acceptors (Lipinski definition) is 7. The maximum absolute atomic E-state index is 12.7. The van der Waals surface area contributed by atoms with E-state index in [0.29, 0.717) is 63.4 Å². The largest absolute Gasteiger partial charge is 0.494 e. The zero-order valence-corrected chi connectivity index (χ0v) is 18.8. The van der Waals surface area contributed by atoms with E-state index in [9.17, 15) is 4.79 Å². The number of ether oxygens (including phenoxy) is 4. The lowest BCUT2D eigenvalue weighted by Gasteiger charge is -2.12. The van der Waals surface area contributed by atoms with Gasteiger partial charge in [-0.25, -0.2) is 4.98 Å². The molecule has 0 aliphatic rings. The van der Waals surface area contributed by atoms with Crippen molar-refractivity contribution in [1.29, 1.82) is 0 Å². The maximum atomic E-state index is 12.7. The average molecular weight is 448 g/mol. The molecule has 0 saturated heterocycles. The van der Waals surface area contributed by atoms with E-state index in [2.05, 4.69) is 10.3 Å². The minimum atomic E-state index is -0.246. The van der Waals surface area contributed by atoms with Gasteiger partial charge in [0.1, 0.15) is 11.3 Å². The first-order valence-corrected chi connectivity index (χ1v) is 10.3. The number of benzene rings is 3. The summed E-state index contributed by atoms with van der Waals surface area (Å²) in [6.45, 7) is 2.43. The van der Waals surface area contributed by atoms with Gasteiger partial charge in [0.05, 0.1) is 27.9 Å². The summed E-state index contributed by atoms with van der Waals surface area (Å²) in [5.74, 6) is 2.26. The summed E-state index contributed by atoms with van der Waals surface area (Å²) < 4.78 is 27.6. The fourth-order valence-electron chi connectivity index (χ4n) is 3.43. The minimum Gasteiger partial charge on any atom is -0.494 e. The lowest BCUT2D eigenvalue weighted by atomic mass is 10.2. The zero-order chi connectivity index (χ0) is 23.4. The monoisotopic (exact) mass is 448 g/mol. The third kappa shape index (κ3) is 4.55. The van der Waals surface area contributed by atoms with Gasteiger partial charge in [-0.2, -0.15) is 0 Å². The molecule has 0 atom stereocenters. The highest BCUT2D eigenvalue weighted by Gasteiger charge is 2.18. The second kappa shape index (κ2) is 9.52. The first kappa shape index (κ1) is 22.0. The van der Waals surface area contributed by atoms with E-state index in [0.717, 1.165) is 0 Å². The molecule has 0 spiro atoms. The summed E-state index contributed by atoms with van der Waals surface area (Å²) in [4.78, 5) is 17.3. The Morgan fingerprint density at radius 1 is 0.970 bits per heavy atom. The fraction of sp³-hybridized carbons (Fsp3) is 0.200. The van der Waals surface area contributed by atoms with Gasteiger partial charge in [-0.15, -0.1) is 0 Å². The molecule has 0 unspecified atom stereocenters. The highest BCUT2D eigenvalue weighted by molar-refractivity contribution is 6.05. The molecule has 0 bridgehead atoms. The van der Waals surface area contributed by atoms with Gasteiger partial charge < -0.3 is 28.7 Å². The number of rotatable bonds is 8. The van der Waals surface area contributed by atoms with Crippen LogP contribution in [0.25, 0.3) is 22.6 Å². The van der Waals surface area contributed by atoms with Gasteiger partial charge in [0.15, 0.2) is 17.1 Å². The molecular formula is C25H24N2O6. The van der Waals surface area contributed by atoms with Crippen LogP contribution in [0, 0.1) is 0 Å². The van der Waals surface area contributed by atoms with Crippen LogP contribution >= 0.6 is 0 Å². The van der Waals surface area contributed by atoms with E-state index in [1.165, 1.54) is 0 Å². The van der Waals surface area contributed by atoms with Crippen LogP contribution in [0.15, 0.2) is 59.0 Å². The van der Waals surface area contributed by atoms with Crippen molar-refractivity contribution >= 4 is 22.7 Å². The number of anilines is 1. The normalized spacial score (nSPS) is 10.7. The van der Waals surface area contributed by atoms with Crippen molar-refractivity contribution in [2.24, 2.45) is 0 Å². The van der Waals surface area contributed by atoms with Crippen LogP contribution in [0.2, 0.25) is 0 Å². The van der Waals surface area contributed by atoms with E-state index < -0.39 is 0 Å². The Hall–Kier alpha value is -4.20. The number of carbonyl (C=O) groups excluding carboxylic acids is 1. The number of amides is 1. The highest BCUT2D eigenvalue weighted by atomic mass is 16.5. The van der Waals surface area contributed by atoms with Gasteiger partial charge in [-0.1, -0.05) is 6.07 Å². The Morgan fingerprint density at radius 2 is 1.73 bits per heavy atom. The van der Waals surface area contributed by atoms with E-state index in [4.69, 9.17) is 23.4 Å². The third-order valence-corrected chi connectivity index (χ3v) is 4.96. The van der Waals surface area contributed by atoms with E-state index in [1.807, 2.05) is 13.0 Å². The molecule has 1 amide bonds. The second-order valence-electron chi connectivity index (χ2n) is 7.03. The van der Waals surface area contributed by atoms with Crippen molar-refractivity contribution in [2.45, 2.75) is 6.92 Å². The first-order valence-electron chi connectivity index (χ1n) is 10.3. The summed E-state index contributed by atoms with van der Waals surface area (Å²) in [5.41, 5.74) is 2.94. The Balaban J connectivity index is 1.62. The molecule has 1 aromatic heterocycles. The van der Waals surface area contributed by atoms with E-state index >= 15 is 0 Å². The molecule has 4 aromatic rings. The van der Waals surface area contributed by atoms with Crippen LogP contribution in [0.4, 0.5) is 5.69 Å². The van der Waals surface area contributed by atoms with Crippen molar-refractivity contribution in [3.8, 4) is 34.5 Å². The summed E-state index contributed by atoms with van der Waals surface area (Å²) in [6.07, 6.45) is 0. The number of fused-ring (bicyclic) bond motifs is 1. The van der Waals surface area contributed by atoms with Crippen LogP contribution < -0.4 is 24.3 Å².